The number of ether oxygens (including phenoxy) is 1. The molecule has 2 aromatic rings. The molecule has 0 radical (unpaired) electrons. The lowest BCUT2D eigenvalue weighted by molar-refractivity contribution is -0.118. The minimum absolute atomic E-state index is 0.0347. The second-order valence-electron chi connectivity index (χ2n) is 4.75. The van der Waals surface area contributed by atoms with Gasteiger partial charge in [-0.3, -0.25) is 10.1 Å². The van der Waals surface area contributed by atoms with Crippen LogP contribution in [0.4, 0.5) is 25.0 Å². The van der Waals surface area contributed by atoms with Gasteiger partial charge in [0.1, 0.15) is 5.75 Å². The molecule has 2 rings (SSSR count). The quantitative estimate of drug-likeness (QED) is 0.725. The SMILES string of the molecule is O=C(CNc1ccc(OC(F)F)c(Cl)c1)NC(=O)Nc1ccccc1. The highest BCUT2D eigenvalue weighted by molar-refractivity contribution is 6.32. The third-order valence-corrected chi connectivity index (χ3v) is 3.18. The first-order chi connectivity index (χ1) is 11.9. The molecule has 25 heavy (non-hydrogen) atoms. The van der Waals surface area contributed by atoms with Gasteiger partial charge >= 0.3 is 12.6 Å². The maximum atomic E-state index is 12.1. The lowest BCUT2D eigenvalue weighted by Gasteiger charge is -2.10. The van der Waals surface area contributed by atoms with Crippen molar-refractivity contribution in [2.75, 3.05) is 17.2 Å². The summed E-state index contributed by atoms with van der Waals surface area (Å²) in [6.07, 6.45) is 0. The summed E-state index contributed by atoms with van der Waals surface area (Å²) in [5, 5.41) is 7.32. The van der Waals surface area contributed by atoms with E-state index in [2.05, 4.69) is 20.7 Å². The molecule has 0 spiro atoms. The van der Waals surface area contributed by atoms with Gasteiger partial charge in [0.05, 0.1) is 11.6 Å². The van der Waals surface area contributed by atoms with Crippen molar-refractivity contribution in [3.63, 3.8) is 0 Å². The van der Waals surface area contributed by atoms with E-state index >= 15 is 0 Å². The van der Waals surface area contributed by atoms with Crippen LogP contribution in [0, 0.1) is 0 Å². The van der Waals surface area contributed by atoms with Gasteiger partial charge in [0.15, 0.2) is 0 Å². The highest BCUT2D eigenvalue weighted by Gasteiger charge is 2.11. The van der Waals surface area contributed by atoms with Gasteiger partial charge in [0.25, 0.3) is 0 Å². The number of hydrogen-bond acceptors (Lipinski definition) is 4. The van der Waals surface area contributed by atoms with Crippen molar-refractivity contribution in [3.05, 3.63) is 53.6 Å². The second kappa shape index (κ2) is 8.84. The van der Waals surface area contributed by atoms with E-state index in [1.54, 1.807) is 30.3 Å². The van der Waals surface area contributed by atoms with Gasteiger partial charge in [-0.1, -0.05) is 29.8 Å². The van der Waals surface area contributed by atoms with E-state index in [-0.39, 0.29) is 17.3 Å². The van der Waals surface area contributed by atoms with Crippen LogP contribution in [0.15, 0.2) is 48.5 Å². The highest BCUT2D eigenvalue weighted by Crippen LogP contribution is 2.28. The topological polar surface area (TPSA) is 79.5 Å². The summed E-state index contributed by atoms with van der Waals surface area (Å²) >= 11 is 5.80. The molecule has 0 saturated carbocycles. The molecule has 0 aromatic heterocycles. The molecule has 9 heteroatoms. The molecule has 0 fully saturated rings. The third-order valence-electron chi connectivity index (χ3n) is 2.89. The first-order valence-electron chi connectivity index (χ1n) is 7.08. The van der Waals surface area contributed by atoms with Crippen molar-refractivity contribution in [2.24, 2.45) is 0 Å². The summed E-state index contributed by atoms with van der Waals surface area (Å²) in [6, 6.07) is 11.9. The highest BCUT2D eigenvalue weighted by atomic mass is 35.5. The van der Waals surface area contributed by atoms with Gasteiger partial charge in [-0.05, 0) is 30.3 Å². The van der Waals surface area contributed by atoms with Gasteiger partial charge in [0, 0.05) is 11.4 Å². The van der Waals surface area contributed by atoms with Crippen LogP contribution < -0.4 is 20.7 Å². The summed E-state index contributed by atoms with van der Waals surface area (Å²) < 4.78 is 28.5. The standard InChI is InChI=1S/C16H14ClF2N3O3/c17-12-8-11(6-7-13(12)25-15(18)19)20-9-14(23)22-16(24)21-10-4-2-1-3-5-10/h1-8,15,20H,9H2,(H2,21,22,23,24). The number of urea groups is 1. The molecule has 6 nitrogen and oxygen atoms in total. The zero-order valence-electron chi connectivity index (χ0n) is 12.8. The zero-order chi connectivity index (χ0) is 18.2. The number of alkyl halides is 2. The Hall–Kier alpha value is -2.87. The molecule has 0 aliphatic heterocycles. The fourth-order valence-electron chi connectivity index (χ4n) is 1.84. The lowest BCUT2D eigenvalue weighted by atomic mass is 10.3. The number of nitrogens with one attached hydrogen (secondary N) is 3. The van der Waals surface area contributed by atoms with Crippen molar-refractivity contribution in [3.8, 4) is 5.75 Å². The molecule has 0 heterocycles. The summed E-state index contributed by atoms with van der Waals surface area (Å²) in [6.45, 7) is -3.20. The van der Waals surface area contributed by atoms with Crippen molar-refractivity contribution >= 4 is 34.9 Å². The Morgan fingerprint density at radius 2 is 1.80 bits per heavy atom. The number of rotatable bonds is 6. The monoisotopic (exact) mass is 369 g/mol. The number of amides is 3. The van der Waals surface area contributed by atoms with Crippen LogP contribution in [-0.4, -0.2) is 25.1 Å². The molecule has 0 aliphatic rings. The smallest absolute Gasteiger partial charge is 0.387 e. The first-order valence-corrected chi connectivity index (χ1v) is 7.46. The fourth-order valence-corrected chi connectivity index (χ4v) is 2.06. The van der Waals surface area contributed by atoms with Gasteiger partial charge in [0.2, 0.25) is 5.91 Å². The first kappa shape index (κ1) is 18.5. The molecule has 0 saturated heterocycles. The average Bonchev–Trinajstić information content (AvgIpc) is 2.55. The minimum Gasteiger partial charge on any atom is -0.433 e. The summed E-state index contributed by atoms with van der Waals surface area (Å²) in [5.41, 5.74) is 0.951. The number of para-hydroxylation sites is 1. The predicted molar refractivity (Wildman–Crippen MR) is 90.2 cm³/mol. The summed E-state index contributed by atoms with van der Waals surface area (Å²) in [4.78, 5) is 23.4. The Labute approximate surface area is 147 Å². The van der Waals surface area contributed by atoms with Crippen molar-refractivity contribution < 1.29 is 23.1 Å². The maximum absolute atomic E-state index is 12.1. The molecule has 3 amide bonds. The molecule has 0 bridgehead atoms. The third kappa shape index (κ3) is 6.27. The Bertz CT molecular complexity index is 745. The molecular weight excluding hydrogens is 356 g/mol. The molecule has 2 aromatic carbocycles. The average molecular weight is 370 g/mol. The van der Waals surface area contributed by atoms with Gasteiger partial charge in [-0.15, -0.1) is 0 Å². The second-order valence-corrected chi connectivity index (χ2v) is 5.15. The number of hydrogen-bond donors (Lipinski definition) is 3. The lowest BCUT2D eigenvalue weighted by Crippen LogP contribution is -2.37. The van der Waals surface area contributed by atoms with E-state index in [9.17, 15) is 18.4 Å². The summed E-state index contributed by atoms with van der Waals surface area (Å²) in [7, 11) is 0. The van der Waals surface area contributed by atoms with Crippen LogP contribution in [0.5, 0.6) is 5.75 Å². The molecule has 0 unspecified atom stereocenters. The van der Waals surface area contributed by atoms with Crippen LogP contribution in [-0.2, 0) is 4.79 Å². The minimum atomic E-state index is -2.98. The van der Waals surface area contributed by atoms with Crippen LogP contribution in [0.1, 0.15) is 0 Å². The Balaban J connectivity index is 1.81. The largest absolute Gasteiger partial charge is 0.433 e. The van der Waals surface area contributed by atoms with Crippen molar-refractivity contribution in [1.82, 2.24) is 5.32 Å². The normalized spacial score (nSPS) is 10.2. The maximum Gasteiger partial charge on any atom is 0.387 e. The van der Waals surface area contributed by atoms with Gasteiger partial charge in [-0.2, -0.15) is 8.78 Å². The fraction of sp³-hybridized carbons (Fsp3) is 0.125. The van der Waals surface area contributed by atoms with E-state index in [0.717, 1.165) is 0 Å². The molecule has 0 aliphatic carbocycles. The number of anilines is 2. The van der Waals surface area contributed by atoms with E-state index in [1.807, 2.05) is 0 Å². The van der Waals surface area contributed by atoms with Crippen LogP contribution in [0.2, 0.25) is 5.02 Å². The summed E-state index contributed by atoms with van der Waals surface area (Å²) in [5.74, 6) is -0.758. The predicted octanol–water partition coefficient (Wildman–Crippen LogP) is 3.70. The van der Waals surface area contributed by atoms with Crippen molar-refractivity contribution in [2.45, 2.75) is 6.61 Å². The number of carbonyl (C=O) groups is 2. The molecule has 0 atom stereocenters. The molecular formula is C16H14ClF2N3O3. The van der Waals surface area contributed by atoms with E-state index in [0.29, 0.717) is 11.4 Å². The molecule has 3 N–H and O–H groups in total. The number of imide groups is 1. The zero-order valence-corrected chi connectivity index (χ0v) is 13.5. The van der Waals surface area contributed by atoms with Gasteiger partial charge in [-0.25, -0.2) is 4.79 Å². The number of halogens is 3. The molecule has 132 valence electrons. The van der Waals surface area contributed by atoms with E-state index < -0.39 is 18.5 Å². The Morgan fingerprint density at radius 1 is 1.08 bits per heavy atom. The van der Waals surface area contributed by atoms with Crippen LogP contribution in [0.25, 0.3) is 0 Å². The van der Waals surface area contributed by atoms with Crippen LogP contribution in [0.3, 0.4) is 0 Å². The Kier molecular flexibility index (Phi) is 6.53. The van der Waals surface area contributed by atoms with Crippen LogP contribution >= 0.6 is 11.6 Å². The van der Waals surface area contributed by atoms with Crippen molar-refractivity contribution in [1.29, 1.82) is 0 Å². The Morgan fingerprint density at radius 3 is 2.44 bits per heavy atom. The number of carbonyl (C=O) groups excluding carboxylic acids is 2. The van der Waals surface area contributed by atoms with E-state index in [4.69, 9.17) is 11.6 Å². The van der Waals surface area contributed by atoms with E-state index in [1.165, 1.54) is 18.2 Å². The van der Waals surface area contributed by atoms with Gasteiger partial charge < -0.3 is 15.4 Å². The number of benzene rings is 2.